The largest absolute Gasteiger partial charge is 0.348 e. The van der Waals surface area contributed by atoms with E-state index in [1.165, 1.54) is 0 Å². The van der Waals surface area contributed by atoms with Crippen molar-refractivity contribution in [3.8, 4) is 0 Å². The van der Waals surface area contributed by atoms with Gasteiger partial charge in [-0.1, -0.05) is 0 Å². The molecular formula is C20H25NO4. The first kappa shape index (κ1) is 16.7. The van der Waals surface area contributed by atoms with Crippen molar-refractivity contribution in [2.45, 2.75) is 51.7 Å². The zero-order valence-electron chi connectivity index (χ0n) is 15.0. The van der Waals surface area contributed by atoms with Gasteiger partial charge in [0, 0.05) is 36.1 Å². The summed E-state index contributed by atoms with van der Waals surface area (Å²) < 4.78 is 11.6. The van der Waals surface area contributed by atoms with Gasteiger partial charge in [-0.3, -0.25) is 9.59 Å². The molecule has 2 heterocycles. The van der Waals surface area contributed by atoms with E-state index in [4.69, 9.17) is 9.47 Å². The van der Waals surface area contributed by atoms with Crippen molar-refractivity contribution < 1.29 is 19.1 Å². The van der Waals surface area contributed by atoms with Crippen molar-refractivity contribution in [1.82, 2.24) is 4.90 Å². The minimum Gasteiger partial charge on any atom is -0.348 e. The molecular weight excluding hydrogens is 318 g/mol. The molecule has 134 valence electrons. The summed E-state index contributed by atoms with van der Waals surface area (Å²) in [6, 6.07) is 0. The van der Waals surface area contributed by atoms with E-state index >= 15 is 0 Å². The van der Waals surface area contributed by atoms with Crippen LogP contribution in [0.25, 0.3) is 0 Å². The van der Waals surface area contributed by atoms with Crippen molar-refractivity contribution >= 4 is 11.7 Å². The summed E-state index contributed by atoms with van der Waals surface area (Å²) in [5.41, 5.74) is 3.16. The van der Waals surface area contributed by atoms with Crippen molar-refractivity contribution in [2.75, 3.05) is 19.8 Å². The van der Waals surface area contributed by atoms with E-state index < -0.39 is 0 Å². The van der Waals surface area contributed by atoms with E-state index in [2.05, 4.69) is 0 Å². The Kier molecular flexibility index (Phi) is 4.16. The maximum Gasteiger partial charge on any atom is 0.254 e. The van der Waals surface area contributed by atoms with Gasteiger partial charge in [-0.2, -0.15) is 0 Å². The Morgan fingerprint density at radius 1 is 1.08 bits per heavy atom. The number of ketones is 1. The SMILES string of the molecule is CC1=C2C=CC(=O)C(C)=C2N(CCC2CCC3(CC2)OCCO3)C1=O. The van der Waals surface area contributed by atoms with Crippen LogP contribution in [0.15, 0.2) is 34.6 Å². The number of amides is 1. The lowest BCUT2D eigenvalue weighted by atomic mass is 9.83. The standard InChI is InChI=1S/C20H25NO4/c1-13-16-3-4-17(22)14(2)18(16)21(19(13)23)10-7-15-5-8-20(9-6-15)24-11-12-25-20/h3-4,15H,5-12H2,1-2H3. The molecule has 2 fully saturated rings. The molecule has 5 nitrogen and oxygen atoms in total. The van der Waals surface area contributed by atoms with Gasteiger partial charge in [-0.15, -0.1) is 0 Å². The molecule has 0 bridgehead atoms. The van der Waals surface area contributed by atoms with E-state index in [1.54, 1.807) is 12.2 Å². The number of carbonyl (C=O) groups excluding carboxylic acids is 2. The van der Waals surface area contributed by atoms with Crippen LogP contribution in [0, 0.1) is 5.92 Å². The Morgan fingerprint density at radius 2 is 1.76 bits per heavy atom. The van der Waals surface area contributed by atoms with Crippen molar-refractivity contribution in [2.24, 2.45) is 5.92 Å². The Hall–Kier alpha value is -1.72. The lowest BCUT2D eigenvalue weighted by Gasteiger charge is -2.36. The molecule has 5 heteroatoms. The molecule has 25 heavy (non-hydrogen) atoms. The molecule has 2 aliphatic carbocycles. The molecule has 1 amide bonds. The van der Waals surface area contributed by atoms with E-state index in [0.717, 1.165) is 48.9 Å². The van der Waals surface area contributed by atoms with Gasteiger partial charge in [0.2, 0.25) is 0 Å². The molecule has 4 rings (SSSR count). The summed E-state index contributed by atoms with van der Waals surface area (Å²) in [5, 5.41) is 0. The number of hydrogen-bond acceptors (Lipinski definition) is 4. The summed E-state index contributed by atoms with van der Waals surface area (Å²) in [4.78, 5) is 26.5. The van der Waals surface area contributed by atoms with E-state index in [0.29, 0.717) is 31.2 Å². The fourth-order valence-electron chi connectivity index (χ4n) is 4.47. The van der Waals surface area contributed by atoms with Gasteiger partial charge >= 0.3 is 0 Å². The van der Waals surface area contributed by atoms with Crippen molar-refractivity contribution in [1.29, 1.82) is 0 Å². The number of fused-ring (bicyclic) bond motifs is 1. The average Bonchev–Trinajstić information content (AvgIpc) is 3.16. The fraction of sp³-hybridized carbons (Fsp3) is 0.600. The minimum absolute atomic E-state index is 0.00129. The summed E-state index contributed by atoms with van der Waals surface area (Å²) in [7, 11) is 0. The Bertz CT molecular complexity index is 699. The predicted molar refractivity (Wildman–Crippen MR) is 92.5 cm³/mol. The zero-order valence-corrected chi connectivity index (χ0v) is 15.0. The van der Waals surface area contributed by atoms with Crippen LogP contribution in [0.1, 0.15) is 46.0 Å². The molecule has 1 spiro atoms. The summed E-state index contributed by atoms with van der Waals surface area (Å²) >= 11 is 0. The molecule has 0 atom stereocenters. The third-order valence-electron chi connectivity index (χ3n) is 6.06. The Balaban J connectivity index is 1.41. The van der Waals surface area contributed by atoms with Crippen LogP contribution in [0.3, 0.4) is 0 Å². The normalized spacial score (nSPS) is 26.4. The zero-order chi connectivity index (χ0) is 17.6. The molecule has 0 aromatic carbocycles. The number of ether oxygens (including phenoxy) is 2. The highest BCUT2D eigenvalue weighted by Crippen LogP contribution is 2.40. The number of nitrogens with zero attached hydrogens (tertiary/aromatic N) is 1. The molecule has 0 radical (unpaired) electrons. The first-order valence-corrected chi connectivity index (χ1v) is 9.25. The van der Waals surface area contributed by atoms with E-state index in [9.17, 15) is 9.59 Å². The molecule has 1 saturated carbocycles. The molecule has 2 aliphatic heterocycles. The second-order valence-corrected chi connectivity index (χ2v) is 7.51. The van der Waals surface area contributed by atoms with Gasteiger partial charge in [0.25, 0.3) is 5.91 Å². The molecule has 0 unspecified atom stereocenters. The number of allylic oxidation sites excluding steroid dienone is 3. The molecule has 0 N–H and O–H groups in total. The number of hydrogen-bond donors (Lipinski definition) is 0. The van der Waals surface area contributed by atoms with Gasteiger partial charge in [0.1, 0.15) is 0 Å². The second kappa shape index (κ2) is 6.22. The predicted octanol–water partition coefficient (Wildman–Crippen LogP) is 2.88. The second-order valence-electron chi connectivity index (χ2n) is 7.51. The lowest BCUT2D eigenvalue weighted by Crippen LogP contribution is -2.36. The number of carbonyl (C=O) groups is 2. The Labute approximate surface area is 148 Å². The van der Waals surface area contributed by atoms with Gasteiger partial charge in [0.05, 0.1) is 18.9 Å². The topological polar surface area (TPSA) is 55.8 Å². The van der Waals surface area contributed by atoms with Gasteiger partial charge in [-0.05, 0) is 51.2 Å². The molecule has 4 aliphatic rings. The van der Waals surface area contributed by atoms with E-state index in [1.807, 2.05) is 18.7 Å². The summed E-state index contributed by atoms with van der Waals surface area (Å²) in [5.74, 6) is 0.288. The smallest absolute Gasteiger partial charge is 0.254 e. The van der Waals surface area contributed by atoms with Crippen LogP contribution >= 0.6 is 0 Å². The average molecular weight is 343 g/mol. The Morgan fingerprint density at radius 3 is 2.44 bits per heavy atom. The molecule has 1 saturated heterocycles. The van der Waals surface area contributed by atoms with Crippen LogP contribution in [-0.2, 0) is 19.1 Å². The summed E-state index contributed by atoms with van der Waals surface area (Å²) in [6.45, 7) is 5.75. The highest BCUT2D eigenvalue weighted by Gasteiger charge is 2.41. The molecule has 0 aromatic rings. The van der Waals surface area contributed by atoms with Crippen LogP contribution in [0.4, 0.5) is 0 Å². The van der Waals surface area contributed by atoms with Crippen molar-refractivity contribution in [3.05, 3.63) is 34.6 Å². The quantitative estimate of drug-likeness (QED) is 0.791. The monoisotopic (exact) mass is 343 g/mol. The lowest BCUT2D eigenvalue weighted by molar-refractivity contribution is -0.182. The third kappa shape index (κ3) is 2.79. The first-order chi connectivity index (χ1) is 12.0. The van der Waals surface area contributed by atoms with Crippen LogP contribution < -0.4 is 0 Å². The van der Waals surface area contributed by atoms with E-state index in [-0.39, 0.29) is 17.5 Å². The highest BCUT2D eigenvalue weighted by molar-refractivity contribution is 6.11. The number of rotatable bonds is 3. The van der Waals surface area contributed by atoms with Crippen LogP contribution in [0.5, 0.6) is 0 Å². The fourth-order valence-corrected chi connectivity index (χ4v) is 4.47. The minimum atomic E-state index is -0.328. The van der Waals surface area contributed by atoms with Crippen LogP contribution in [-0.4, -0.2) is 42.1 Å². The summed E-state index contributed by atoms with van der Waals surface area (Å²) in [6.07, 6.45) is 8.33. The van der Waals surface area contributed by atoms with Crippen molar-refractivity contribution in [3.63, 3.8) is 0 Å². The first-order valence-electron chi connectivity index (χ1n) is 9.25. The van der Waals surface area contributed by atoms with Crippen LogP contribution in [0.2, 0.25) is 0 Å². The van der Waals surface area contributed by atoms with Gasteiger partial charge in [0.15, 0.2) is 11.6 Å². The molecule has 0 aromatic heterocycles. The maximum atomic E-state index is 12.6. The maximum absolute atomic E-state index is 12.6. The third-order valence-corrected chi connectivity index (χ3v) is 6.06. The van der Waals surface area contributed by atoms with Gasteiger partial charge < -0.3 is 14.4 Å². The van der Waals surface area contributed by atoms with Gasteiger partial charge in [-0.25, -0.2) is 0 Å². The highest BCUT2D eigenvalue weighted by atomic mass is 16.7.